The summed E-state index contributed by atoms with van der Waals surface area (Å²) in [6.07, 6.45) is 1.96. The topological polar surface area (TPSA) is 15.8 Å². The van der Waals surface area contributed by atoms with E-state index in [2.05, 4.69) is 46.0 Å². The van der Waals surface area contributed by atoms with E-state index in [0.29, 0.717) is 0 Å². The maximum absolute atomic E-state index is 3.47. The van der Waals surface area contributed by atoms with Crippen molar-refractivity contribution < 1.29 is 0 Å². The molecule has 0 fully saturated rings. The highest BCUT2D eigenvalue weighted by atomic mass is 79.9. The lowest BCUT2D eigenvalue weighted by Crippen LogP contribution is -1.70. The van der Waals surface area contributed by atoms with Gasteiger partial charge in [0.05, 0.1) is 0 Å². The fraction of sp³-hybridized carbons (Fsp3) is 0.111. The highest BCUT2D eigenvalue weighted by Gasteiger charge is 1.98. The number of hydrogen-bond donors (Lipinski definition) is 1. The van der Waals surface area contributed by atoms with Gasteiger partial charge in [-0.15, -0.1) is 0 Å². The van der Waals surface area contributed by atoms with E-state index >= 15 is 0 Å². The van der Waals surface area contributed by atoms with Gasteiger partial charge in [0.2, 0.25) is 0 Å². The number of nitrogens with one attached hydrogen (secondary N) is 1. The number of fused-ring (bicyclic) bond motifs is 1. The van der Waals surface area contributed by atoms with Crippen LogP contribution in [0.25, 0.3) is 10.9 Å². The van der Waals surface area contributed by atoms with E-state index in [1.54, 1.807) is 0 Å². The zero-order chi connectivity index (χ0) is 7.84. The zero-order valence-corrected chi connectivity index (χ0v) is 7.77. The summed E-state index contributed by atoms with van der Waals surface area (Å²) in [5.74, 6) is 0. The first kappa shape index (κ1) is 6.92. The minimum atomic E-state index is 1.14. The van der Waals surface area contributed by atoms with Crippen molar-refractivity contribution in [3.05, 3.63) is 34.4 Å². The standard InChI is InChI=1S/C9H8BrN/c1-6-2-3-9-7(4-6)8(10)5-11-9/h2-5,11H,1H3. The first-order chi connectivity index (χ1) is 5.27. The van der Waals surface area contributed by atoms with Crippen LogP contribution in [0.2, 0.25) is 0 Å². The van der Waals surface area contributed by atoms with E-state index in [1.807, 2.05) is 6.20 Å². The van der Waals surface area contributed by atoms with Crippen LogP contribution in [-0.4, -0.2) is 4.98 Å². The van der Waals surface area contributed by atoms with Gasteiger partial charge in [-0.25, -0.2) is 0 Å². The second-order valence-electron chi connectivity index (χ2n) is 2.69. The molecule has 0 aliphatic carbocycles. The summed E-state index contributed by atoms with van der Waals surface area (Å²) in [6.45, 7) is 2.10. The van der Waals surface area contributed by atoms with Crippen molar-refractivity contribution in [3.63, 3.8) is 0 Å². The van der Waals surface area contributed by atoms with E-state index in [9.17, 15) is 0 Å². The highest BCUT2D eigenvalue weighted by molar-refractivity contribution is 9.10. The molecular formula is C9H8BrN. The normalized spacial score (nSPS) is 10.7. The first-order valence-electron chi connectivity index (χ1n) is 3.50. The van der Waals surface area contributed by atoms with E-state index in [-0.39, 0.29) is 0 Å². The van der Waals surface area contributed by atoms with Gasteiger partial charge < -0.3 is 4.98 Å². The first-order valence-corrected chi connectivity index (χ1v) is 4.30. The predicted molar refractivity (Wildman–Crippen MR) is 50.7 cm³/mol. The van der Waals surface area contributed by atoms with Crippen molar-refractivity contribution in [2.75, 3.05) is 0 Å². The minimum absolute atomic E-state index is 1.14. The molecule has 1 nitrogen and oxygen atoms in total. The van der Waals surface area contributed by atoms with Crippen LogP contribution in [0.4, 0.5) is 0 Å². The Bertz CT molecular complexity index is 389. The fourth-order valence-corrected chi connectivity index (χ4v) is 1.64. The van der Waals surface area contributed by atoms with E-state index in [4.69, 9.17) is 0 Å². The van der Waals surface area contributed by atoms with Crippen LogP contribution >= 0.6 is 15.9 Å². The molecule has 0 atom stereocenters. The van der Waals surface area contributed by atoms with Crippen LogP contribution in [0, 0.1) is 6.92 Å². The molecule has 1 aromatic carbocycles. The fourth-order valence-electron chi connectivity index (χ4n) is 1.20. The molecule has 1 heterocycles. The van der Waals surface area contributed by atoms with Crippen molar-refractivity contribution in [2.45, 2.75) is 6.92 Å². The number of aryl methyl sites for hydroxylation is 1. The number of aromatic amines is 1. The van der Waals surface area contributed by atoms with Crippen molar-refractivity contribution in [2.24, 2.45) is 0 Å². The average Bonchev–Trinajstić information content (AvgIpc) is 2.33. The van der Waals surface area contributed by atoms with Gasteiger partial charge in [-0.1, -0.05) is 11.6 Å². The van der Waals surface area contributed by atoms with Crippen LogP contribution in [0.1, 0.15) is 5.56 Å². The maximum atomic E-state index is 3.47. The lowest BCUT2D eigenvalue weighted by atomic mass is 10.2. The number of halogens is 1. The zero-order valence-electron chi connectivity index (χ0n) is 6.19. The Morgan fingerprint density at radius 2 is 2.18 bits per heavy atom. The summed E-state index contributed by atoms with van der Waals surface area (Å²) in [5.41, 5.74) is 2.47. The Morgan fingerprint density at radius 3 is 3.00 bits per heavy atom. The molecule has 0 aliphatic heterocycles. The molecular weight excluding hydrogens is 202 g/mol. The largest absolute Gasteiger partial charge is 0.360 e. The van der Waals surface area contributed by atoms with Gasteiger partial charge >= 0.3 is 0 Å². The molecule has 0 unspecified atom stereocenters. The number of hydrogen-bond acceptors (Lipinski definition) is 0. The van der Waals surface area contributed by atoms with Gasteiger partial charge in [-0.05, 0) is 35.0 Å². The lowest BCUT2D eigenvalue weighted by Gasteiger charge is -1.92. The number of benzene rings is 1. The van der Waals surface area contributed by atoms with Gasteiger partial charge in [0, 0.05) is 21.6 Å². The second kappa shape index (κ2) is 2.38. The Kier molecular flexibility index (Phi) is 1.50. The Hall–Kier alpha value is -0.760. The Balaban J connectivity index is 2.87. The molecule has 1 N–H and O–H groups in total. The molecule has 2 heteroatoms. The number of H-pyrrole nitrogens is 1. The number of aromatic nitrogens is 1. The van der Waals surface area contributed by atoms with Crippen molar-refractivity contribution >= 4 is 26.8 Å². The quantitative estimate of drug-likeness (QED) is 0.686. The average molecular weight is 210 g/mol. The smallest absolute Gasteiger partial charge is 0.0465 e. The molecule has 2 rings (SSSR count). The van der Waals surface area contributed by atoms with E-state index in [1.165, 1.54) is 16.5 Å². The third kappa shape index (κ3) is 1.07. The lowest BCUT2D eigenvalue weighted by molar-refractivity contribution is 1.45. The van der Waals surface area contributed by atoms with Crippen LogP contribution in [0.3, 0.4) is 0 Å². The molecule has 0 saturated carbocycles. The summed E-state index contributed by atoms with van der Waals surface area (Å²) in [7, 11) is 0. The monoisotopic (exact) mass is 209 g/mol. The molecule has 11 heavy (non-hydrogen) atoms. The summed E-state index contributed by atoms with van der Waals surface area (Å²) in [5, 5.41) is 1.25. The molecule has 0 aliphatic rings. The summed E-state index contributed by atoms with van der Waals surface area (Å²) >= 11 is 3.47. The van der Waals surface area contributed by atoms with Crippen molar-refractivity contribution in [3.8, 4) is 0 Å². The third-order valence-corrected chi connectivity index (χ3v) is 2.44. The minimum Gasteiger partial charge on any atom is -0.360 e. The highest BCUT2D eigenvalue weighted by Crippen LogP contribution is 2.23. The Labute approximate surface area is 73.6 Å². The van der Waals surface area contributed by atoms with Gasteiger partial charge in [0.1, 0.15) is 0 Å². The Morgan fingerprint density at radius 1 is 1.36 bits per heavy atom. The van der Waals surface area contributed by atoms with Crippen LogP contribution < -0.4 is 0 Å². The molecule has 1 aromatic heterocycles. The summed E-state index contributed by atoms with van der Waals surface area (Å²) < 4.78 is 1.14. The summed E-state index contributed by atoms with van der Waals surface area (Å²) in [6, 6.07) is 6.36. The van der Waals surface area contributed by atoms with Crippen LogP contribution in [0.5, 0.6) is 0 Å². The van der Waals surface area contributed by atoms with E-state index in [0.717, 1.165) is 4.47 Å². The predicted octanol–water partition coefficient (Wildman–Crippen LogP) is 3.24. The van der Waals surface area contributed by atoms with Crippen molar-refractivity contribution in [1.82, 2.24) is 4.98 Å². The molecule has 0 radical (unpaired) electrons. The molecule has 0 spiro atoms. The van der Waals surface area contributed by atoms with Gasteiger partial charge in [0.15, 0.2) is 0 Å². The molecule has 56 valence electrons. The van der Waals surface area contributed by atoms with Gasteiger partial charge in [0.25, 0.3) is 0 Å². The van der Waals surface area contributed by atoms with Crippen LogP contribution in [-0.2, 0) is 0 Å². The molecule has 0 amide bonds. The molecule has 0 bridgehead atoms. The van der Waals surface area contributed by atoms with Gasteiger partial charge in [-0.3, -0.25) is 0 Å². The second-order valence-corrected chi connectivity index (χ2v) is 3.54. The van der Waals surface area contributed by atoms with E-state index < -0.39 is 0 Å². The maximum Gasteiger partial charge on any atom is 0.0465 e. The van der Waals surface area contributed by atoms with Crippen LogP contribution in [0.15, 0.2) is 28.9 Å². The molecule has 2 aromatic rings. The van der Waals surface area contributed by atoms with Crippen molar-refractivity contribution in [1.29, 1.82) is 0 Å². The summed E-state index contributed by atoms with van der Waals surface area (Å²) in [4.78, 5) is 3.17. The molecule has 0 saturated heterocycles. The third-order valence-electron chi connectivity index (χ3n) is 1.79. The van der Waals surface area contributed by atoms with Gasteiger partial charge in [-0.2, -0.15) is 0 Å². The SMILES string of the molecule is Cc1ccc2[nH]cc(Br)c2c1. The number of rotatable bonds is 0.